The van der Waals surface area contributed by atoms with Gasteiger partial charge in [-0.15, -0.1) is 5.06 Å². The number of rotatable bonds is 15. The van der Waals surface area contributed by atoms with Crippen molar-refractivity contribution < 1.29 is 38.6 Å². The molecule has 2 rings (SSSR count). The number of hydroxylamine groups is 2. The Morgan fingerprint density at radius 2 is 1.69 bits per heavy atom. The molecule has 2 aromatic rings. The molecule has 3 amide bonds. The van der Waals surface area contributed by atoms with E-state index in [0.717, 1.165) is 5.06 Å². The summed E-state index contributed by atoms with van der Waals surface area (Å²) in [5, 5.41) is 16.7. The maximum Gasteiger partial charge on any atom is 0.528 e. The van der Waals surface area contributed by atoms with E-state index in [-0.39, 0.29) is 26.1 Å². The number of alkyl carbamates (subject to hydrolysis) is 1. The van der Waals surface area contributed by atoms with Crippen LogP contribution in [0, 0.1) is 0 Å². The van der Waals surface area contributed by atoms with Crippen molar-refractivity contribution in [2.24, 2.45) is 5.73 Å². The molecule has 0 heterocycles. The molecule has 5 N–H and O–H groups in total. The normalized spacial score (nSPS) is 12.6. The molecule has 2 atom stereocenters. The number of benzene rings is 2. The number of aliphatic hydroxyl groups excluding tert-OH is 1. The van der Waals surface area contributed by atoms with Crippen molar-refractivity contribution in [3.8, 4) is 0 Å². The summed E-state index contributed by atoms with van der Waals surface area (Å²) < 4.78 is 10.3. The molecule has 0 aliphatic carbocycles. The molecular formula is C29H39ClN4O8. The number of hydrogen-bond donors (Lipinski definition) is 4. The molecule has 0 saturated carbocycles. The van der Waals surface area contributed by atoms with Crippen molar-refractivity contribution in [2.45, 2.75) is 70.9 Å². The zero-order valence-electron chi connectivity index (χ0n) is 24.0. The largest absolute Gasteiger partial charge is 0.528 e. The Kier molecular flexibility index (Phi) is 14.0. The molecule has 0 aliphatic heterocycles. The van der Waals surface area contributed by atoms with E-state index < -0.39 is 48.4 Å². The monoisotopic (exact) mass is 606 g/mol. The zero-order valence-corrected chi connectivity index (χ0v) is 24.8. The predicted octanol–water partition coefficient (Wildman–Crippen LogP) is 3.44. The standard InChI is InChI=1S/C29H39ClN4O8/c1-29(2,3)41-28(39)42-34(17-20-11-5-4-6-12-20)24(18-35)26(37)33-23(25(31)36)15-9-10-16-32-27(38)40-19-21-13-7-8-14-22(21)30/h4-8,11-14,23-24,35H,9-10,15-19H2,1-3H3,(H2,31,36)(H,32,38)(H,33,37)/t23-,24-/m0/s1. The van der Waals surface area contributed by atoms with Crippen LogP contribution in [0.2, 0.25) is 5.02 Å². The molecule has 0 radical (unpaired) electrons. The molecule has 0 spiro atoms. The maximum atomic E-state index is 13.1. The summed E-state index contributed by atoms with van der Waals surface area (Å²) in [4.78, 5) is 54.9. The Labute approximate surface area is 250 Å². The fourth-order valence-electron chi connectivity index (χ4n) is 3.67. The van der Waals surface area contributed by atoms with Crippen molar-refractivity contribution >= 4 is 35.7 Å². The lowest BCUT2D eigenvalue weighted by Gasteiger charge is -2.30. The Bertz CT molecular complexity index is 1180. The van der Waals surface area contributed by atoms with E-state index in [0.29, 0.717) is 29.0 Å². The first-order valence-electron chi connectivity index (χ1n) is 13.5. The minimum atomic E-state index is -1.37. The average Bonchev–Trinajstić information content (AvgIpc) is 2.91. The fraction of sp³-hybridized carbons (Fsp3) is 0.448. The van der Waals surface area contributed by atoms with E-state index in [9.17, 15) is 24.3 Å². The Morgan fingerprint density at radius 1 is 1.02 bits per heavy atom. The molecule has 12 nitrogen and oxygen atoms in total. The van der Waals surface area contributed by atoms with Crippen molar-refractivity contribution in [3.63, 3.8) is 0 Å². The Morgan fingerprint density at radius 3 is 2.31 bits per heavy atom. The van der Waals surface area contributed by atoms with Crippen LogP contribution in [0.15, 0.2) is 54.6 Å². The lowest BCUT2D eigenvalue weighted by atomic mass is 10.1. The van der Waals surface area contributed by atoms with E-state index in [1.54, 1.807) is 75.4 Å². The third kappa shape index (κ3) is 12.8. The second-order valence-corrected chi connectivity index (χ2v) is 10.8. The van der Waals surface area contributed by atoms with Gasteiger partial charge in [-0.1, -0.05) is 60.1 Å². The highest BCUT2D eigenvalue weighted by Crippen LogP contribution is 2.16. The van der Waals surface area contributed by atoms with Gasteiger partial charge in [0.2, 0.25) is 11.8 Å². The first-order chi connectivity index (χ1) is 19.9. The van der Waals surface area contributed by atoms with Gasteiger partial charge in [-0.25, -0.2) is 9.59 Å². The van der Waals surface area contributed by atoms with Gasteiger partial charge in [0, 0.05) is 17.1 Å². The van der Waals surface area contributed by atoms with Crippen molar-refractivity contribution in [3.05, 3.63) is 70.7 Å². The Hall–Kier alpha value is -3.87. The number of halogens is 1. The van der Waals surface area contributed by atoms with Gasteiger partial charge in [0.05, 0.1) is 13.2 Å². The molecule has 0 saturated heterocycles. The average molecular weight is 607 g/mol. The summed E-state index contributed by atoms with van der Waals surface area (Å²) in [5.41, 5.74) is 6.02. The number of nitrogens with one attached hydrogen (secondary N) is 2. The number of carbonyl (C=O) groups excluding carboxylic acids is 4. The Balaban J connectivity index is 1.91. The summed E-state index contributed by atoms with van der Waals surface area (Å²) >= 11 is 6.05. The minimum Gasteiger partial charge on any atom is -0.445 e. The summed E-state index contributed by atoms with van der Waals surface area (Å²) in [7, 11) is 0. The lowest BCUT2D eigenvalue weighted by molar-refractivity contribution is -0.184. The molecule has 0 bridgehead atoms. The third-order valence-electron chi connectivity index (χ3n) is 5.75. The highest BCUT2D eigenvalue weighted by atomic mass is 35.5. The predicted molar refractivity (Wildman–Crippen MR) is 155 cm³/mol. The topological polar surface area (TPSA) is 170 Å². The van der Waals surface area contributed by atoms with E-state index in [1.165, 1.54) is 0 Å². The number of unbranched alkanes of at least 4 members (excludes halogenated alkanes) is 1. The van der Waals surface area contributed by atoms with Gasteiger partial charge >= 0.3 is 12.2 Å². The second kappa shape index (κ2) is 17.2. The van der Waals surface area contributed by atoms with Crippen molar-refractivity contribution in [1.29, 1.82) is 0 Å². The quantitative estimate of drug-likeness (QED) is 0.135. The van der Waals surface area contributed by atoms with Gasteiger partial charge < -0.3 is 35.8 Å². The van der Waals surface area contributed by atoms with Crippen LogP contribution in [-0.2, 0) is 37.1 Å². The third-order valence-corrected chi connectivity index (χ3v) is 6.12. The van der Waals surface area contributed by atoms with E-state index >= 15 is 0 Å². The molecule has 0 aromatic heterocycles. The van der Waals surface area contributed by atoms with Gasteiger partial charge in [0.1, 0.15) is 24.3 Å². The molecule has 230 valence electrons. The smallest absolute Gasteiger partial charge is 0.445 e. The van der Waals surface area contributed by atoms with E-state index in [4.69, 9.17) is 31.6 Å². The van der Waals surface area contributed by atoms with Crippen LogP contribution < -0.4 is 16.4 Å². The van der Waals surface area contributed by atoms with Gasteiger partial charge in [-0.05, 0) is 51.7 Å². The molecule has 13 heteroatoms. The second-order valence-electron chi connectivity index (χ2n) is 10.4. The first-order valence-corrected chi connectivity index (χ1v) is 13.8. The van der Waals surface area contributed by atoms with Crippen LogP contribution >= 0.6 is 11.6 Å². The van der Waals surface area contributed by atoms with Crippen LogP contribution in [-0.4, -0.2) is 65.1 Å². The van der Waals surface area contributed by atoms with Gasteiger partial charge in [0.15, 0.2) is 0 Å². The van der Waals surface area contributed by atoms with Crippen molar-refractivity contribution in [2.75, 3.05) is 13.2 Å². The molecule has 0 fully saturated rings. The fourth-order valence-corrected chi connectivity index (χ4v) is 3.86. The number of nitrogens with two attached hydrogens (primary N) is 1. The number of primary amides is 1. The summed E-state index contributed by atoms with van der Waals surface area (Å²) in [6.45, 7) is 4.47. The summed E-state index contributed by atoms with van der Waals surface area (Å²) in [6, 6.07) is 13.4. The summed E-state index contributed by atoms with van der Waals surface area (Å²) in [6.07, 6.45) is -0.629. The molecular weight excluding hydrogens is 568 g/mol. The lowest BCUT2D eigenvalue weighted by Crippen LogP contribution is -2.54. The van der Waals surface area contributed by atoms with Crippen LogP contribution in [0.25, 0.3) is 0 Å². The van der Waals surface area contributed by atoms with E-state index in [1.807, 2.05) is 0 Å². The van der Waals surface area contributed by atoms with Crippen LogP contribution in [0.3, 0.4) is 0 Å². The number of aliphatic hydroxyl groups is 1. The minimum absolute atomic E-state index is 0.0201. The molecule has 0 unspecified atom stereocenters. The highest BCUT2D eigenvalue weighted by Gasteiger charge is 2.33. The van der Waals surface area contributed by atoms with Gasteiger partial charge in [0.25, 0.3) is 0 Å². The van der Waals surface area contributed by atoms with Crippen molar-refractivity contribution in [1.82, 2.24) is 15.7 Å². The summed E-state index contributed by atoms with van der Waals surface area (Å²) in [5.74, 6) is -1.56. The van der Waals surface area contributed by atoms with E-state index in [2.05, 4.69) is 10.6 Å². The highest BCUT2D eigenvalue weighted by molar-refractivity contribution is 6.31. The number of amides is 3. The maximum absolute atomic E-state index is 13.1. The van der Waals surface area contributed by atoms with Gasteiger partial charge in [-0.2, -0.15) is 0 Å². The van der Waals surface area contributed by atoms with Crippen LogP contribution in [0.1, 0.15) is 51.2 Å². The number of carbonyl (C=O) groups is 4. The SMILES string of the molecule is CC(C)(C)OC(=O)ON(Cc1ccccc1)[C@@H](CO)C(=O)N[C@@H](CCCCNC(=O)OCc1ccccc1Cl)C(N)=O. The van der Waals surface area contributed by atoms with Crippen LogP contribution in [0.5, 0.6) is 0 Å². The zero-order chi connectivity index (χ0) is 31.1. The van der Waals surface area contributed by atoms with Crippen LogP contribution in [0.4, 0.5) is 9.59 Å². The number of ether oxygens (including phenoxy) is 2. The molecule has 2 aromatic carbocycles. The molecule has 0 aliphatic rings. The number of hydrogen-bond acceptors (Lipinski definition) is 9. The number of nitrogens with zero attached hydrogens (tertiary/aromatic N) is 1. The molecule has 42 heavy (non-hydrogen) atoms. The van der Waals surface area contributed by atoms with Gasteiger partial charge in [-0.3, -0.25) is 9.59 Å². The first kappa shape index (κ1) is 34.3.